The first-order valence-electron chi connectivity index (χ1n) is 3.65. The number of ether oxygens (including phenoxy) is 1. The molecule has 0 saturated heterocycles. The van der Waals surface area contributed by atoms with Gasteiger partial charge < -0.3 is 14.9 Å². The lowest BCUT2D eigenvalue weighted by atomic mass is 10.1. The van der Waals surface area contributed by atoms with Crippen LogP contribution in [0.2, 0.25) is 0 Å². The molecule has 0 aliphatic carbocycles. The first-order valence-corrected chi connectivity index (χ1v) is 3.65. The average Bonchev–Trinajstić information content (AvgIpc) is 2.50. The van der Waals surface area contributed by atoms with Gasteiger partial charge in [-0.1, -0.05) is 6.92 Å². The minimum absolute atomic E-state index is 0.0173. The summed E-state index contributed by atoms with van der Waals surface area (Å²) in [4.78, 5) is 0. The summed E-state index contributed by atoms with van der Waals surface area (Å²) in [6, 6.07) is 0.0173. The Labute approximate surface area is 66.1 Å². The van der Waals surface area contributed by atoms with Crippen molar-refractivity contribution >= 4 is 0 Å². The highest BCUT2D eigenvalue weighted by atomic mass is 16.5. The van der Waals surface area contributed by atoms with Gasteiger partial charge in [-0.05, 0) is 6.42 Å². The van der Waals surface area contributed by atoms with Gasteiger partial charge in [0.05, 0.1) is 13.4 Å². The molecule has 0 aliphatic heterocycles. The predicted molar refractivity (Wildman–Crippen MR) is 42.5 cm³/mol. The summed E-state index contributed by atoms with van der Waals surface area (Å²) in [5.74, 6) is 0.736. The molecule has 62 valence electrons. The zero-order chi connectivity index (χ0) is 8.27. The molecule has 3 nitrogen and oxygen atoms in total. The van der Waals surface area contributed by atoms with Gasteiger partial charge in [0.15, 0.2) is 5.75 Å². The molecule has 1 aromatic heterocycles. The maximum atomic E-state index is 5.78. The van der Waals surface area contributed by atoms with E-state index in [-0.39, 0.29) is 6.04 Å². The third-order valence-corrected chi connectivity index (χ3v) is 1.71. The van der Waals surface area contributed by atoms with Crippen LogP contribution in [0, 0.1) is 0 Å². The molecule has 0 spiro atoms. The van der Waals surface area contributed by atoms with E-state index < -0.39 is 0 Å². The Morgan fingerprint density at radius 3 is 2.91 bits per heavy atom. The van der Waals surface area contributed by atoms with E-state index in [1.54, 1.807) is 19.6 Å². The van der Waals surface area contributed by atoms with Crippen molar-refractivity contribution in [1.82, 2.24) is 0 Å². The summed E-state index contributed by atoms with van der Waals surface area (Å²) in [5.41, 5.74) is 6.71. The standard InChI is InChI=1S/C8H13NO2/c1-3-7(9)6-4-11-5-8(6)10-2/h4-5,7H,3,9H2,1-2H3/t7-/m1/s1. The second-order valence-corrected chi connectivity index (χ2v) is 2.41. The monoisotopic (exact) mass is 155 g/mol. The lowest BCUT2D eigenvalue weighted by molar-refractivity contribution is 0.400. The summed E-state index contributed by atoms with van der Waals surface area (Å²) >= 11 is 0. The molecule has 0 aliphatic rings. The van der Waals surface area contributed by atoms with Gasteiger partial charge in [-0.3, -0.25) is 0 Å². The van der Waals surface area contributed by atoms with Gasteiger partial charge in [0.25, 0.3) is 0 Å². The minimum Gasteiger partial charge on any atom is -0.493 e. The molecule has 2 N–H and O–H groups in total. The van der Waals surface area contributed by atoms with Crippen molar-refractivity contribution in [1.29, 1.82) is 0 Å². The van der Waals surface area contributed by atoms with Crippen LogP contribution < -0.4 is 10.5 Å². The highest BCUT2D eigenvalue weighted by Gasteiger charge is 2.11. The molecule has 1 rings (SSSR count). The molecule has 3 heteroatoms. The van der Waals surface area contributed by atoms with Crippen molar-refractivity contribution in [3.63, 3.8) is 0 Å². The summed E-state index contributed by atoms with van der Waals surface area (Å²) in [6.07, 6.45) is 4.08. The number of nitrogens with two attached hydrogens (primary N) is 1. The molecule has 0 bridgehead atoms. The van der Waals surface area contributed by atoms with Crippen molar-refractivity contribution < 1.29 is 9.15 Å². The second-order valence-electron chi connectivity index (χ2n) is 2.41. The fraction of sp³-hybridized carbons (Fsp3) is 0.500. The van der Waals surface area contributed by atoms with Crippen LogP contribution in [0.5, 0.6) is 5.75 Å². The average molecular weight is 155 g/mol. The Balaban J connectivity index is 2.83. The number of hydrogen-bond acceptors (Lipinski definition) is 3. The van der Waals surface area contributed by atoms with Crippen LogP contribution in [-0.4, -0.2) is 7.11 Å². The molecule has 1 aromatic rings. The lowest BCUT2D eigenvalue weighted by Crippen LogP contribution is -2.08. The molecule has 0 amide bonds. The summed E-state index contributed by atoms with van der Waals surface area (Å²) in [7, 11) is 1.61. The van der Waals surface area contributed by atoms with Gasteiger partial charge >= 0.3 is 0 Å². The van der Waals surface area contributed by atoms with E-state index in [0.29, 0.717) is 0 Å². The Hall–Kier alpha value is -0.960. The van der Waals surface area contributed by atoms with E-state index in [4.69, 9.17) is 14.9 Å². The first-order chi connectivity index (χ1) is 5.29. The highest BCUT2D eigenvalue weighted by Crippen LogP contribution is 2.25. The zero-order valence-corrected chi connectivity index (χ0v) is 6.83. The quantitative estimate of drug-likeness (QED) is 0.722. The molecule has 0 saturated carbocycles. The molecular formula is C8H13NO2. The van der Waals surface area contributed by atoms with Gasteiger partial charge in [0, 0.05) is 11.6 Å². The van der Waals surface area contributed by atoms with Crippen molar-refractivity contribution in [3.05, 3.63) is 18.1 Å². The van der Waals surface area contributed by atoms with Gasteiger partial charge in [-0.25, -0.2) is 0 Å². The fourth-order valence-electron chi connectivity index (χ4n) is 0.951. The van der Waals surface area contributed by atoms with E-state index in [1.807, 2.05) is 6.92 Å². The van der Waals surface area contributed by atoms with Gasteiger partial charge in [-0.15, -0.1) is 0 Å². The minimum atomic E-state index is 0.0173. The number of methoxy groups -OCH3 is 1. The molecule has 0 aromatic carbocycles. The molecule has 1 atom stereocenters. The largest absolute Gasteiger partial charge is 0.493 e. The first kappa shape index (κ1) is 8.14. The molecule has 0 radical (unpaired) electrons. The smallest absolute Gasteiger partial charge is 0.161 e. The summed E-state index contributed by atoms with van der Waals surface area (Å²) < 4.78 is 9.99. The third kappa shape index (κ3) is 1.54. The predicted octanol–water partition coefficient (Wildman–Crippen LogP) is 1.70. The van der Waals surface area contributed by atoms with E-state index >= 15 is 0 Å². The van der Waals surface area contributed by atoms with Gasteiger partial charge in [0.2, 0.25) is 0 Å². The van der Waals surface area contributed by atoms with E-state index in [9.17, 15) is 0 Å². The van der Waals surface area contributed by atoms with Crippen molar-refractivity contribution in [2.75, 3.05) is 7.11 Å². The van der Waals surface area contributed by atoms with Crippen LogP contribution in [-0.2, 0) is 0 Å². The summed E-state index contributed by atoms with van der Waals surface area (Å²) in [6.45, 7) is 2.02. The summed E-state index contributed by atoms with van der Waals surface area (Å²) in [5, 5.41) is 0. The van der Waals surface area contributed by atoms with Crippen molar-refractivity contribution in [2.24, 2.45) is 5.73 Å². The topological polar surface area (TPSA) is 48.4 Å². The second kappa shape index (κ2) is 3.44. The van der Waals surface area contributed by atoms with E-state index in [0.717, 1.165) is 17.7 Å². The maximum Gasteiger partial charge on any atom is 0.161 e. The SMILES string of the molecule is CC[C@@H](N)c1cocc1OC. The maximum absolute atomic E-state index is 5.78. The lowest BCUT2D eigenvalue weighted by Gasteiger charge is -2.06. The van der Waals surface area contributed by atoms with Crippen LogP contribution in [0.15, 0.2) is 16.9 Å². The van der Waals surface area contributed by atoms with Crippen LogP contribution in [0.4, 0.5) is 0 Å². The molecule has 1 heterocycles. The zero-order valence-electron chi connectivity index (χ0n) is 6.83. The van der Waals surface area contributed by atoms with Crippen LogP contribution in [0.3, 0.4) is 0 Å². The van der Waals surface area contributed by atoms with Crippen molar-refractivity contribution in [3.8, 4) is 5.75 Å². The molecule has 11 heavy (non-hydrogen) atoms. The Bertz CT molecular complexity index is 220. The van der Waals surface area contributed by atoms with Crippen molar-refractivity contribution in [2.45, 2.75) is 19.4 Å². The normalized spacial score (nSPS) is 13.0. The number of furan rings is 1. The Morgan fingerprint density at radius 2 is 2.36 bits per heavy atom. The number of rotatable bonds is 3. The Kier molecular flexibility index (Phi) is 2.54. The highest BCUT2D eigenvalue weighted by molar-refractivity contribution is 5.30. The molecule has 0 unspecified atom stereocenters. The molecule has 0 fully saturated rings. The van der Waals surface area contributed by atoms with Gasteiger partial charge in [0.1, 0.15) is 6.26 Å². The number of hydrogen-bond donors (Lipinski definition) is 1. The van der Waals surface area contributed by atoms with E-state index in [1.165, 1.54) is 0 Å². The Morgan fingerprint density at radius 1 is 1.64 bits per heavy atom. The van der Waals surface area contributed by atoms with Crippen LogP contribution in [0.1, 0.15) is 24.9 Å². The van der Waals surface area contributed by atoms with Gasteiger partial charge in [-0.2, -0.15) is 0 Å². The molecular weight excluding hydrogens is 142 g/mol. The van der Waals surface area contributed by atoms with Crippen LogP contribution in [0.25, 0.3) is 0 Å². The third-order valence-electron chi connectivity index (χ3n) is 1.71. The van der Waals surface area contributed by atoms with E-state index in [2.05, 4.69) is 0 Å². The van der Waals surface area contributed by atoms with Crippen LogP contribution >= 0.6 is 0 Å². The fourth-order valence-corrected chi connectivity index (χ4v) is 0.951.